The van der Waals surface area contributed by atoms with Crippen LogP contribution >= 0.6 is 0 Å². The van der Waals surface area contributed by atoms with Gasteiger partial charge in [-0.25, -0.2) is 13.6 Å². The molecule has 2 aliphatic carbocycles. The summed E-state index contributed by atoms with van der Waals surface area (Å²) in [7, 11) is 0. The fourth-order valence-corrected chi connectivity index (χ4v) is 4.90. The highest BCUT2D eigenvalue weighted by molar-refractivity contribution is 5.86. The minimum absolute atomic E-state index is 0.0212. The fraction of sp³-hybridized carbons (Fsp3) is 0.400. The number of halogens is 2. The van der Waals surface area contributed by atoms with E-state index >= 15 is 0 Å². The molecule has 1 saturated carbocycles. The molecule has 2 amide bonds. The standard InChI is InChI=1S/C25H26F2N2O5/c26-22(27)12-21(23(30)28-20-11-5-10-18(20)24(31)32)29-25(33)34-13-19-16-8-3-1-6-14(16)15-7-2-4-9-17(15)19/h1-4,6-9,18-22H,5,10-13H2,(H,28,30)(H,29,33)(H,31,32)/t18-,20+,21?/m1/s1. The Morgan fingerprint density at radius 2 is 1.62 bits per heavy atom. The highest BCUT2D eigenvalue weighted by Crippen LogP contribution is 2.44. The van der Waals surface area contributed by atoms with E-state index in [1.165, 1.54) is 0 Å². The normalized spacial score (nSPS) is 19.9. The summed E-state index contributed by atoms with van der Waals surface area (Å²) in [6.07, 6.45) is -3.27. The van der Waals surface area contributed by atoms with Gasteiger partial charge in [-0.05, 0) is 35.1 Å². The van der Waals surface area contributed by atoms with E-state index in [0.717, 1.165) is 22.3 Å². The molecular weight excluding hydrogens is 446 g/mol. The summed E-state index contributed by atoms with van der Waals surface area (Å²) in [5.41, 5.74) is 4.09. The Bertz CT molecular complexity index is 1030. The highest BCUT2D eigenvalue weighted by atomic mass is 19.3. The molecule has 1 unspecified atom stereocenters. The van der Waals surface area contributed by atoms with Crippen LogP contribution in [0.1, 0.15) is 42.7 Å². The lowest BCUT2D eigenvalue weighted by Gasteiger charge is -2.23. The number of carboxylic acids is 1. The summed E-state index contributed by atoms with van der Waals surface area (Å²) in [5.74, 6) is -2.87. The predicted octanol–water partition coefficient (Wildman–Crippen LogP) is 3.92. The van der Waals surface area contributed by atoms with Crippen LogP contribution < -0.4 is 10.6 Å². The van der Waals surface area contributed by atoms with E-state index in [4.69, 9.17) is 4.74 Å². The number of fused-ring (bicyclic) bond motifs is 3. The first kappa shape index (κ1) is 23.7. The summed E-state index contributed by atoms with van der Waals surface area (Å²) in [6.45, 7) is -0.0212. The smallest absolute Gasteiger partial charge is 0.407 e. The van der Waals surface area contributed by atoms with E-state index < -0.39 is 48.8 Å². The SMILES string of the molecule is O=C(NC(CC(F)F)C(=O)N[C@H]1CCC[C@H]1C(=O)O)OCC1c2ccccc2-c2ccccc21. The summed E-state index contributed by atoms with van der Waals surface area (Å²) < 4.78 is 31.6. The van der Waals surface area contributed by atoms with E-state index in [0.29, 0.717) is 19.3 Å². The van der Waals surface area contributed by atoms with Gasteiger partial charge in [-0.1, -0.05) is 55.0 Å². The van der Waals surface area contributed by atoms with Crippen molar-refractivity contribution in [1.29, 1.82) is 0 Å². The van der Waals surface area contributed by atoms with Crippen LogP contribution in [-0.4, -0.2) is 48.2 Å². The molecule has 0 saturated heterocycles. The van der Waals surface area contributed by atoms with Crippen molar-refractivity contribution in [3.05, 3.63) is 59.7 Å². The van der Waals surface area contributed by atoms with E-state index in [1.807, 2.05) is 48.5 Å². The molecule has 34 heavy (non-hydrogen) atoms. The summed E-state index contributed by atoms with van der Waals surface area (Å²) >= 11 is 0. The number of ether oxygens (including phenoxy) is 1. The first-order valence-corrected chi connectivity index (χ1v) is 11.3. The predicted molar refractivity (Wildman–Crippen MR) is 120 cm³/mol. The van der Waals surface area contributed by atoms with Crippen molar-refractivity contribution in [2.45, 2.75) is 50.1 Å². The second kappa shape index (κ2) is 10.2. The lowest BCUT2D eigenvalue weighted by Crippen LogP contribution is -2.52. The number of rotatable bonds is 8. The minimum Gasteiger partial charge on any atom is -0.481 e. The first-order valence-electron chi connectivity index (χ1n) is 11.3. The van der Waals surface area contributed by atoms with Crippen LogP contribution in [0.5, 0.6) is 0 Å². The Balaban J connectivity index is 1.40. The van der Waals surface area contributed by atoms with Gasteiger partial charge in [0.2, 0.25) is 12.3 Å². The van der Waals surface area contributed by atoms with Crippen molar-refractivity contribution in [2.24, 2.45) is 5.92 Å². The number of hydrogen-bond acceptors (Lipinski definition) is 4. The lowest BCUT2D eigenvalue weighted by molar-refractivity contribution is -0.142. The van der Waals surface area contributed by atoms with Gasteiger partial charge in [0.15, 0.2) is 0 Å². The van der Waals surface area contributed by atoms with Crippen LogP contribution in [0.25, 0.3) is 11.1 Å². The van der Waals surface area contributed by atoms with Crippen molar-refractivity contribution in [3.63, 3.8) is 0 Å². The molecule has 9 heteroatoms. The zero-order chi connectivity index (χ0) is 24.2. The maximum absolute atomic E-state index is 13.1. The minimum atomic E-state index is -2.84. The van der Waals surface area contributed by atoms with E-state index in [9.17, 15) is 28.3 Å². The number of benzene rings is 2. The summed E-state index contributed by atoms with van der Waals surface area (Å²) in [6, 6.07) is 13.3. The number of hydrogen-bond donors (Lipinski definition) is 3. The van der Waals surface area contributed by atoms with Crippen LogP contribution in [0.3, 0.4) is 0 Å². The van der Waals surface area contributed by atoms with E-state index in [2.05, 4.69) is 10.6 Å². The number of alkyl halides is 2. The lowest BCUT2D eigenvalue weighted by atomic mass is 9.98. The molecule has 4 rings (SSSR count). The Morgan fingerprint density at radius 1 is 1.00 bits per heavy atom. The number of aliphatic carboxylic acids is 1. The zero-order valence-corrected chi connectivity index (χ0v) is 18.4. The second-order valence-electron chi connectivity index (χ2n) is 8.64. The quantitative estimate of drug-likeness (QED) is 0.540. The third-order valence-electron chi connectivity index (χ3n) is 6.53. The van der Waals surface area contributed by atoms with E-state index in [-0.39, 0.29) is 12.5 Å². The van der Waals surface area contributed by atoms with Crippen molar-refractivity contribution >= 4 is 18.0 Å². The number of carboxylic acid groups (broad SMARTS) is 1. The number of carbonyl (C=O) groups excluding carboxylic acids is 2. The molecule has 0 radical (unpaired) electrons. The van der Waals surface area contributed by atoms with Crippen molar-refractivity contribution < 1.29 is 33.0 Å². The molecular formula is C25H26F2N2O5. The van der Waals surface area contributed by atoms with Crippen LogP contribution in [0.4, 0.5) is 13.6 Å². The molecule has 3 atom stereocenters. The second-order valence-corrected chi connectivity index (χ2v) is 8.64. The van der Waals surface area contributed by atoms with E-state index in [1.54, 1.807) is 0 Å². The van der Waals surface area contributed by atoms with Gasteiger partial charge in [0.05, 0.1) is 5.92 Å². The topological polar surface area (TPSA) is 105 Å². The largest absolute Gasteiger partial charge is 0.481 e. The average Bonchev–Trinajstić information content (AvgIpc) is 3.39. The molecule has 0 aromatic heterocycles. The van der Waals surface area contributed by atoms with Crippen LogP contribution in [0.2, 0.25) is 0 Å². The van der Waals surface area contributed by atoms with Gasteiger partial charge in [0.1, 0.15) is 12.6 Å². The number of amides is 2. The van der Waals surface area contributed by atoms with Crippen molar-refractivity contribution in [3.8, 4) is 11.1 Å². The fourth-order valence-electron chi connectivity index (χ4n) is 4.90. The molecule has 0 heterocycles. The molecule has 0 bridgehead atoms. The Hall–Kier alpha value is -3.49. The highest BCUT2D eigenvalue weighted by Gasteiger charge is 2.36. The number of alkyl carbamates (subject to hydrolysis) is 1. The van der Waals surface area contributed by atoms with Gasteiger partial charge in [-0.2, -0.15) is 0 Å². The van der Waals surface area contributed by atoms with Gasteiger partial charge in [0.25, 0.3) is 0 Å². The Kier molecular flexibility index (Phi) is 7.09. The third-order valence-corrected chi connectivity index (χ3v) is 6.53. The Labute approximate surface area is 195 Å². The number of nitrogens with one attached hydrogen (secondary N) is 2. The van der Waals surface area contributed by atoms with Gasteiger partial charge in [-0.15, -0.1) is 0 Å². The molecule has 2 aromatic carbocycles. The maximum Gasteiger partial charge on any atom is 0.407 e. The molecule has 1 fully saturated rings. The summed E-state index contributed by atoms with van der Waals surface area (Å²) in [4.78, 5) is 36.4. The van der Waals surface area contributed by atoms with Crippen molar-refractivity contribution in [2.75, 3.05) is 6.61 Å². The van der Waals surface area contributed by atoms with Crippen LogP contribution in [-0.2, 0) is 14.3 Å². The average molecular weight is 472 g/mol. The third kappa shape index (κ3) is 5.03. The molecule has 0 aliphatic heterocycles. The monoisotopic (exact) mass is 472 g/mol. The van der Waals surface area contributed by atoms with Gasteiger partial charge < -0.3 is 20.5 Å². The molecule has 7 nitrogen and oxygen atoms in total. The molecule has 180 valence electrons. The zero-order valence-electron chi connectivity index (χ0n) is 18.4. The summed E-state index contributed by atoms with van der Waals surface area (Å²) in [5, 5.41) is 14.0. The molecule has 3 N–H and O–H groups in total. The molecule has 0 spiro atoms. The number of carbonyl (C=O) groups is 3. The van der Waals surface area contributed by atoms with Crippen LogP contribution in [0, 0.1) is 5.92 Å². The molecule has 2 aromatic rings. The van der Waals surface area contributed by atoms with Crippen LogP contribution in [0.15, 0.2) is 48.5 Å². The Morgan fingerprint density at radius 3 is 2.21 bits per heavy atom. The van der Waals surface area contributed by atoms with Gasteiger partial charge in [-0.3, -0.25) is 9.59 Å². The van der Waals surface area contributed by atoms with Crippen molar-refractivity contribution in [1.82, 2.24) is 10.6 Å². The molecule has 2 aliphatic rings. The van der Waals surface area contributed by atoms with Gasteiger partial charge >= 0.3 is 12.1 Å². The maximum atomic E-state index is 13.1. The van der Waals surface area contributed by atoms with Gasteiger partial charge in [0, 0.05) is 18.4 Å². The first-order chi connectivity index (χ1) is 16.3.